The van der Waals surface area contributed by atoms with Gasteiger partial charge in [0.25, 0.3) is 0 Å². The topological polar surface area (TPSA) is 49.7 Å². The zero-order valence-electron chi connectivity index (χ0n) is 10.1. The van der Waals surface area contributed by atoms with Gasteiger partial charge in [0.2, 0.25) is 0 Å². The number of nitrogens with zero attached hydrogens (tertiary/aromatic N) is 1. The molecule has 19 heavy (non-hydrogen) atoms. The van der Waals surface area contributed by atoms with E-state index in [0.29, 0.717) is 16.3 Å². The van der Waals surface area contributed by atoms with Crippen LogP contribution >= 0.6 is 11.6 Å². The lowest BCUT2D eigenvalue weighted by atomic mass is 10.1. The highest BCUT2D eigenvalue weighted by Gasteiger charge is 2.03. The Morgan fingerprint density at radius 1 is 1.21 bits per heavy atom. The van der Waals surface area contributed by atoms with E-state index in [0.717, 1.165) is 0 Å². The molecule has 0 saturated carbocycles. The Morgan fingerprint density at radius 2 is 1.95 bits per heavy atom. The fourth-order valence-electron chi connectivity index (χ4n) is 1.57. The maximum Gasteiger partial charge on any atom is 0.168 e. The predicted molar refractivity (Wildman–Crippen MR) is 76.7 cm³/mol. The average molecular weight is 274 g/mol. The second kappa shape index (κ2) is 6.16. The van der Waals surface area contributed by atoms with Crippen molar-refractivity contribution in [2.45, 2.75) is 6.42 Å². The molecule has 1 N–H and O–H groups in total. The Balaban J connectivity index is 2.04. The normalized spacial score (nSPS) is 10.8. The summed E-state index contributed by atoms with van der Waals surface area (Å²) in [5, 5.41) is 10.0. The molecule has 2 aromatic carbocycles. The number of rotatable bonds is 4. The van der Waals surface area contributed by atoms with Gasteiger partial charge in [-0.05, 0) is 18.2 Å². The van der Waals surface area contributed by atoms with Crippen molar-refractivity contribution in [3.8, 4) is 5.75 Å². The molecule has 2 aromatic rings. The summed E-state index contributed by atoms with van der Waals surface area (Å²) in [6, 6.07) is 13.6. The molecule has 0 aliphatic heterocycles. The number of phenols is 1. The molecule has 3 nitrogen and oxygen atoms in total. The Labute approximate surface area is 116 Å². The van der Waals surface area contributed by atoms with Gasteiger partial charge < -0.3 is 5.11 Å². The van der Waals surface area contributed by atoms with Crippen LogP contribution in [0.5, 0.6) is 5.75 Å². The molecule has 0 heterocycles. The van der Waals surface area contributed by atoms with Gasteiger partial charge in [-0.15, -0.1) is 0 Å². The molecule has 0 atom stereocenters. The van der Waals surface area contributed by atoms with Gasteiger partial charge >= 0.3 is 0 Å². The first kappa shape index (κ1) is 13.3. The number of aromatic hydroxyl groups is 1. The van der Waals surface area contributed by atoms with Crippen LogP contribution in [0, 0.1) is 0 Å². The number of hydrogen-bond donors (Lipinski definition) is 1. The van der Waals surface area contributed by atoms with Crippen molar-refractivity contribution in [3.05, 3.63) is 59.1 Å². The highest BCUT2D eigenvalue weighted by atomic mass is 35.5. The fourth-order valence-corrected chi connectivity index (χ4v) is 1.74. The third-order valence-electron chi connectivity index (χ3n) is 2.54. The van der Waals surface area contributed by atoms with Crippen LogP contribution in [0.25, 0.3) is 0 Å². The number of Topliss-reactive ketones (excluding diaryl/α,β-unsaturated/α-hetero) is 1. The molecule has 0 bridgehead atoms. The second-order valence-electron chi connectivity index (χ2n) is 3.94. The summed E-state index contributed by atoms with van der Waals surface area (Å²) in [5.41, 5.74) is 0.998. The molecule has 0 aliphatic rings. The first-order chi connectivity index (χ1) is 9.16. The molecule has 0 saturated heterocycles. The third-order valence-corrected chi connectivity index (χ3v) is 2.78. The molecule has 4 heteroatoms. The Hall–Kier alpha value is -2.13. The smallest absolute Gasteiger partial charge is 0.168 e. The molecular formula is C15H12ClNO2. The van der Waals surface area contributed by atoms with Gasteiger partial charge in [0.1, 0.15) is 11.4 Å². The molecule has 0 amide bonds. The number of carbonyl (C=O) groups is 1. The minimum absolute atomic E-state index is 0.0223. The SMILES string of the molecule is O=C(CC=Nc1cc(Cl)ccc1O)c1ccccc1. The standard InChI is InChI=1S/C15H12ClNO2/c16-12-6-7-15(19)13(10-12)17-9-8-14(18)11-4-2-1-3-5-11/h1-7,9-10,19H,8H2. The average Bonchev–Trinajstić information content (AvgIpc) is 2.43. The van der Waals surface area contributed by atoms with E-state index in [1.54, 1.807) is 24.3 Å². The van der Waals surface area contributed by atoms with Crippen molar-refractivity contribution in [1.29, 1.82) is 0 Å². The monoisotopic (exact) mass is 273 g/mol. The van der Waals surface area contributed by atoms with E-state index in [1.807, 2.05) is 18.2 Å². The van der Waals surface area contributed by atoms with Crippen LogP contribution in [0.15, 0.2) is 53.5 Å². The van der Waals surface area contributed by atoms with Crippen molar-refractivity contribution in [2.24, 2.45) is 4.99 Å². The van der Waals surface area contributed by atoms with Crippen LogP contribution in [0.2, 0.25) is 5.02 Å². The summed E-state index contributed by atoms with van der Waals surface area (Å²) >= 11 is 5.80. The molecular weight excluding hydrogens is 262 g/mol. The van der Waals surface area contributed by atoms with Crippen LogP contribution in [-0.2, 0) is 0 Å². The number of benzene rings is 2. The van der Waals surface area contributed by atoms with Gasteiger partial charge in [-0.2, -0.15) is 0 Å². The second-order valence-corrected chi connectivity index (χ2v) is 4.37. The maximum atomic E-state index is 11.8. The highest BCUT2D eigenvalue weighted by molar-refractivity contribution is 6.30. The number of carbonyl (C=O) groups excluding carboxylic acids is 1. The van der Waals surface area contributed by atoms with E-state index in [9.17, 15) is 9.90 Å². The Bertz CT molecular complexity index is 609. The summed E-state index contributed by atoms with van der Waals surface area (Å²) in [5.74, 6) is 0.0127. The molecule has 0 aliphatic carbocycles. The minimum Gasteiger partial charge on any atom is -0.506 e. The lowest BCUT2D eigenvalue weighted by Gasteiger charge is -1.99. The zero-order valence-corrected chi connectivity index (χ0v) is 10.8. The predicted octanol–water partition coefficient (Wildman–Crippen LogP) is 4.02. The molecule has 96 valence electrons. The fraction of sp³-hybridized carbons (Fsp3) is 0.0667. The largest absolute Gasteiger partial charge is 0.506 e. The van der Waals surface area contributed by atoms with E-state index in [-0.39, 0.29) is 18.0 Å². The zero-order chi connectivity index (χ0) is 13.7. The van der Waals surface area contributed by atoms with E-state index in [2.05, 4.69) is 4.99 Å². The number of ketones is 1. The molecule has 0 unspecified atom stereocenters. The lowest BCUT2D eigenvalue weighted by Crippen LogP contribution is -1.98. The highest BCUT2D eigenvalue weighted by Crippen LogP contribution is 2.28. The van der Waals surface area contributed by atoms with Crippen molar-refractivity contribution in [2.75, 3.05) is 0 Å². The first-order valence-corrected chi connectivity index (χ1v) is 6.14. The first-order valence-electron chi connectivity index (χ1n) is 5.76. The summed E-state index contributed by atoms with van der Waals surface area (Å²) in [6.45, 7) is 0. The van der Waals surface area contributed by atoms with Gasteiger partial charge in [0.05, 0.1) is 0 Å². The van der Waals surface area contributed by atoms with Gasteiger partial charge in [-0.1, -0.05) is 41.9 Å². The molecule has 0 aromatic heterocycles. The Kier molecular flexibility index (Phi) is 4.31. The maximum absolute atomic E-state index is 11.8. The van der Waals surface area contributed by atoms with Gasteiger partial charge in [0.15, 0.2) is 5.78 Å². The number of halogens is 1. The summed E-state index contributed by atoms with van der Waals surface area (Å²) < 4.78 is 0. The quantitative estimate of drug-likeness (QED) is 0.676. The number of aliphatic imine (C=N–C) groups is 1. The molecule has 0 radical (unpaired) electrons. The van der Waals surface area contributed by atoms with E-state index in [1.165, 1.54) is 12.3 Å². The van der Waals surface area contributed by atoms with Crippen molar-refractivity contribution < 1.29 is 9.90 Å². The van der Waals surface area contributed by atoms with E-state index >= 15 is 0 Å². The molecule has 0 spiro atoms. The van der Waals surface area contributed by atoms with Crippen LogP contribution < -0.4 is 0 Å². The van der Waals surface area contributed by atoms with Crippen LogP contribution in [-0.4, -0.2) is 17.1 Å². The summed E-state index contributed by atoms with van der Waals surface area (Å²) in [6.07, 6.45) is 1.65. The van der Waals surface area contributed by atoms with Gasteiger partial charge in [0, 0.05) is 23.2 Å². The lowest BCUT2D eigenvalue weighted by molar-refractivity contribution is 0.100. The number of hydrogen-bond acceptors (Lipinski definition) is 3. The third kappa shape index (κ3) is 3.66. The van der Waals surface area contributed by atoms with Crippen molar-refractivity contribution in [1.82, 2.24) is 0 Å². The minimum atomic E-state index is -0.0223. The van der Waals surface area contributed by atoms with Gasteiger partial charge in [-0.3, -0.25) is 9.79 Å². The molecule has 0 fully saturated rings. The number of phenolic OH excluding ortho intramolecular Hbond substituents is 1. The van der Waals surface area contributed by atoms with E-state index in [4.69, 9.17) is 11.6 Å². The van der Waals surface area contributed by atoms with Crippen LogP contribution in [0.3, 0.4) is 0 Å². The van der Waals surface area contributed by atoms with Crippen molar-refractivity contribution in [3.63, 3.8) is 0 Å². The summed E-state index contributed by atoms with van der Waals surface area (Å²) in [7, 11) is 0. The van der Waals surface area contributed by atoms with Gasteiger partial charge in [-0.25, -0.2) is 0 Å². The van der Waals surface area contributed by atoms with Crippen molar-refractivity contribution >= 4 is 29.3 Å². The van der Waals surface area contributed by atoms with Crippen LogP contribution in [0.1, 0.15) is 16.8 Å². The van der Waals surface area contributed by atoms with Crippen LogP contribution in [0.4, 0.5) is 5.69 Å². The summed E-state index contributed by atoms with van der Waals surface area (Å²) in [4.78, 5) is 15.9. The van der Waals surface area contributed by atoms with E-state index < -0.39 is 0 Å². The Morgan fingerprint density at radius 3 is 2.68 bits per heavy atom. The molecule has 2 rings (SSSR count).